The monoisotopic (exact) mass is 179 g/mol. The van der Waals surface area contributed by atoms with Gasteiger partial charge in [0.2, 0.25) is 5.96 Å². The molecule has 0 amide bonds. The Morgan fingerprint density at radius 3 is 2.36 bits per heavy atom. The van der Waals surface area contributed by atoms with Gasteiger partial charge in [0, 0.05) is 13.8 Å². The molecule has 11 heavy (non-hydrogen) atoms. The topological polar surface area (TPSA) is 114 Å². The highest BCUT2D eigenvalue weighted by molar-refractivity contribution is 7.39. The van der Waals surface area contributed by atoms with Crippen LogP contribution in [-0.2, 0) is 4.57 Å². The number of nitrogens with one attached hydrogen (secondary N) is 1. The second-order valence-electron chi connectivity index (χ2n) is 2.48. The Balaban J connectivity index is 4.14. The van der Waals surface area contributed by atoms with Gasteiger partial charge in [-0.15, -0.1) is 5.10 Å². The van der Waals surface area contributed by atoms with Gasteiger partial charge in [-0.1, -0.05) is 0 Å². The molecule has 0 fully saturated rings. The third kappa shape index (κ3) is 3.75. The SMILES string of the molecule is CC(C)(NN=C(N)N)[P+](=O)O. The summed E-state index contributed by atoms with van der Waals surface area (Å²) in [6.45, 7) is 3.02. The molecule has 1 atom stereocenters. The van der Waals surface area contributed by atoms with E-state index in [1.807, 2.05) is 0 Å². The zero-order valence-corrected chi connectivity index (χ0v) is 7.30. The Kier molecular flexibility index (Phi) is 3.22. The second-order valence-corrected chi connectivity index (χ2v) is 4.14. The van der Waals surface area contributed by atoms with Gasteiger partial charge in [-0.3, -0.25) is 5.43 Å². The Labute approximate surface area is 65.5 Å². The standard InChI is InChI=1S/C4H11N4O2P/c1-4(2,11(9)10)8-7-3(5)6/h8H,1-2H3,(H4-,5,6,7,9,10)/p+1. The summed E-state index contributed by atoms with van der Waals surface area (Å²) in [6.07, 6.45) is 0. The highest BCUT2D eigenvalue weighted by Crippen LogP contribution is 2.31. The molecule has 0 aliphatic carbocycles. The lowest BCUT2D eigenvalue weighted by Crippen LogP contribution is -2.35. The van der Waals surface area contributed by atoms with Gasteiger partial charge >= 0.3 is 8.03 Å². The molecule has 0 heterocycles. The van der Waals surface area contributed by atoms with Crippen molar-refractivity contribution in [3.05, 3.63) is 0 Å². The molecular formula is C4H12N4O2P+. The van der Waals surface area contributed by atoms with Gasteiger partial charge in [0.25, 0.3) is 5.28 Å². The number of nitrogens with two attached hydrogens (primary N) is 2. The van der Waals surface area contributed by atoms with Crippen LogP contribution in [0.4, 0.5) is 0 Å². The fourth-order valence-electron chi connectivity index (χ4n) is 0.244. The number of nitrogens with zero attached hydrogens (tertiary/aromatic N) is 1. The largest absolute Gasteiger partial charge is 0.534 e. The fourth-order valence-corrected chi connectivity index (χ4v) is 0.380. The number of hydrogen-bond donors (Lipinski definition) is 4. The van der Waals surface area contributed by atoms with Crippen molar-refractivity contribution in [1.82, 2.24) is 5.43 Å². The summed E-state index contributed by atoms with van der Waals surface area (Å²) < 4.78 is 10.6. The quantitative estimate of drug-likeness (QED) is 0.197. The first-order valence-electron chi connectivity index (χ1n) is 2.88. The van der Waals surface area contributed by atoms with Crippen LogP contribution in [0.25, 0.3) is 0 Å². The first kappa shape index (κ1) is 10.1. The van der Waals surface area contributed by atoms with Gasteiger partial charge in [-0.05, 0) is 4.57 Å². The molecule has 0 aliphatic heterocycles. The molecule has 0 aromatic rings. The van der Waals surface area contributed by atoms with Crippen LogP contribution in [0.15, 0.2) is 5.10 Å². The van der Waals surface area contributed by atoms with Crippen LogP contribution in [0.1, 0.15) is 13.8 Å². The van der Waals surface area contributed by atoms with Crippen LogP contribution in [0.5, 0.6) is 0 Å². The maximum atomic E-state index is 10.6. The first-order chi connectivity index (χ1) is 4.86. The summed E-state index contributed by atoms with van der Waals surface area (Å²) in [5, 5.41) is 2.40. The fraction of sp³-hybridized carbons (Fsp3) is 0.750. The Bertz CT molecular complexity index is 187. The molecule has 7 heteroatoms. The van der Waals surface area contributed by atoms with Gasteiger partial charge < -0.3 is 11.5 Å². The maximum absolute atomic E-state index is 10.6. The minimum Gasteiger partial charge on any atom is -0.369 e. The molecule has 0 saturated heterocycles. The second kappa shape index (κ2) is 3.50. The summed E-state index contributed by atoms with van der Waals surface area (Å²) in [5.74, 6) is -0.171. The third-order valence-corrected chi connectivity index (χ3v) is 1.99. The van der Waals surface area contributed by atoms with Crippen molar-refractivity contribution in [3.8, 4) is 0 Å². The van der Waals surface area contributed by atoms with Crippen molar-refractivity contribution in [2.24, 2.45) is 16.6 Å². The van der Waals surface area contributed by atoms with E-state index in [1.165, 1.54) is 13.8 Å². The van der Waals surface area contributed by atoms with E-state index in [1.54, 1.807) is 0 Å². The highest BCUT2D eigenvalue weighted by atomic mass is 31.1. The maximum Gasteiger partial charge on any atom is 0.534 e. The number of hydrogen-bond acceptors (Lipinski definition) is 3. The summed E-state index contributed by atoms with van der Waals surface area (Å²) in [4.78, 5) is 8.69. The molecule has 0 rings (SSSR count). The van der Waals surface area contributed by atoms with E-state index < -0.39 is 13.3 Å². The molecule has 6 nitrogen and oxygen atoms in total. The number of rotatable bonds is 3. The third-order valence-electron chi connectivity index (χ3n) is 0.937. The summed E-state index contributed by atoms with van der Waals surface area (Å²) in [5.41, 5.74) is 12.3. The molecule has 0 aromatic carbocycles. The van der Waals surface area contributed by atoms with Gasteiger partial charge in [0.1, 0.15) is 0 Å². The van der Waals surface area contributed by atoms with Gasteiger partial charge in [-0.25, -0.2) is 0 Å². The Morgan fingerprint density at radius 2 is 2.09 bits per heavy atom. The van der Waals surface area contributed by atoms with Crippen molar-refractivity contribution in [2.45, 2.75) is 19.1 Å². The molecule has 64 valence electrons. The Hall–Kier alpha value is -0.870. The van der Waals surface area contributed by atoms with Crippen LogP contribution < -0.4 is 16.9 Å². The van der Waals surface area contributed by atoms with Crippen molar-refractivity contribution in [2.75, 3.05) is 0 Å². The van der Waals surface area contributed by atoms with Crippen molar-refractivity contribution in [1.29, 1.82) is 0 Å². The van der Waals surface area contributed by atoms with E-state index in [-0.39, 0.29) is 5.96 Å². The molecule has 0 saturated carbocycles. The van der Waals surface area contributed by atoms with E-state index in [2.05, 4.69) is 10.5 Å². The van der Waals surface area contributed by atoms with Gasteiger partial charge in [0.15, 0.2) is 0 Å². The van der Waals surface area contributed by atoms with Gasteiger partial charge in [-0.2, -0.15) is 4.89 Å². The van der Waals surface area contributed by atoms with Crippen LogP contribution in [-0.4, -0.2) is 16.1 Å². The predicted molar refractivity (Wildman–Crippen MR) is 42.8 cm³/mol. The summed E-state index contributed by atoms with van der Waals surface area (Å²) in [7, 11) is -2.35. The average Bonchev–Trinajstić information content (AvgIpc) is 1.84. The molecule has 0 radical (unpaired) electrons. The smallest absolute Gasteiger partial charge is 0.369 e. The zero-order chi connectivity index (χ0) is 9.07. The van der Waals surface area contributed by atoms with E-state index in [4.69, 9.17) is 16.4 Å². The zero-order valence-electron chi connectivity index (χ0n) is 6.40. The minimum absolute atomic E-state index is 0.171. The van der Waals surface area contributed by atoms with Crippen molar-refractivity contribution < 1.29 is 9.46 Å². The van der Waals surface area contributed by atoms with E-state index in [0.717, 1.165) is 0 Å². The van der Waals surface area contributed by atoms with Crippen LogP contribution in [0.2, 0.25) is 0 Å². The molecule has 6 N–H and O–H groups in total. The van der Waals surface area contributed by atoms with Crippen LogP contribution in [0, 0.1) is 0 Å². The van der Waals surface area contributed by atoms with Crippen LogP contribution >= 0.6 is 8.03 Å². The lowest BCUT2D eigenvalue weighted by atomic mass is 10.4. The Morgan fingerprint density at radius 1 is 1.64 bits per heavy atom. The predicted octanol–water partition coefficient (Wildman–Crippen LogP) is -0.765. The highest BCUT2D eigenvalue weighted by Gasteiger charge is 2.38. The number of guanidine groups is 1. The van der Waals surface area contributed by atoms with Crippen molar-refractivity contribution >= 4 is 14.0 Å². The van der Waals surface area contributed by atoms with E-state index in [9.17, 15) is 4.57 Å². The molecule has 0 aromatic heterocycles. The lowest BCUT2D eigenvalue weighted by molar-refractivity contribution is 0.432. The van der Waals surface area contributed by atoms with E-state index in [0.29, 0.717) is 0 Å². The molecular weight excluding hydrogens is 167 g/mol. The van der Waals surface area contributed by atoms with E-state index >= 15 is 0 Å². The van der Waals surface area contributed by atoms with Crippen molar-refractivity contribution in [3.63, 3.8) is 0 Å². The average molecular weight is 179 g/mol. The summed E-state index contributed by atoms with van der Waals surface area (Å²) >= 11 is 0. The molecule has 0 spiro atoms. The molecule has 0 aliphatic rings. The minimum atomic E-state index is -2.35. The van der Waals surface area contributed by atoms with Crippen LogP contribution in [0.3, 0.4) is 0 Å². The lowest BCUT2D eigenvalue weighted by Gasteiger charge is -2.08. The number of hydrazone groups is 1. The summed E-state index contributed by atoms with van der Waals surface area (Å²) in [6, 6.07) is 0. The first-order valence-corrected chi connectivity index (χ1v) is 4.09. The van der Waals surface area contributed by atoms with Gasteiger partial charge in [0.05, 0.1) is 0 Å². The molecule has 0 bridgehead atoms. The normalized spacial score (nSPS) is 12.1. The molecule has 1 unspecified atom stereocenters.